The summed E-state index contributed by atoms with van der Waals surface area (Å²) in [4.78, 5) is 12.6. The summed E-state index contributed by atoms with van der Waals surface area (Å²) in [5, 5.41) is 6.57. The van der Waals surface area contributed by atoms with Crippen LogP contribution in [0.2, 0.25) is 0 Å². The van der Waals surface area contributed by atoms with Gasteiger partial charge in [-0.2, -0.15) is 0 Å². The number of ether oxygens (including phenoxy) is 1. The monoisotopic (exact) mass is 302 g/mol. The molecule has 4 nitrogen and oxygen atoms in total. The molecular formula is C18H26N2O2. The van der Waals surface area contributed by atoms with E-state index in [1.807, 2.05) is 19.1 Å². The lowest BCUT2D eigenvalue weighted by atomic mass is 9.91. The van der Waals surface area contributed by atoms with Gasteiger partial charge in [-0.15, -0.1) is 0 Å². The van der Waals surface area contributed by atoms with E-state index in [4.69, 9.17) is 4.74 Å². The van der Waals surface area contributed by atoms with Crippen LogP contribution < -0.4 is 15.4 Å². The largest absolute Gasteiger partial charge is 0.496 e. The molecule has 120 valence electrons. The van der Waals surface area contributed by atoms with Crippen LogP contribution in [0.15, 0.2) is 18.2 Å². The zero-order valence-corrected chi connectivity index (χ0v) is 13.7. The molecule has 1 aromatic carbocycles. The molecule has 0 radical (unpaired) electrons. The Balaban J connectivity index is 1.66. The molecule has 1 aliphatic heterocycles. The van der Waals surface area contributed by atoms with Gasteiger partial charge in [0, 0.05) is 11.5 Å². The maximum atomic E-state index is 12.6. The average molecular weight is 302 g/mol. The van der Waals surface area contributed by atoms with Gasteiger partial charge >= 0.3 is 0 Å². The fourth-order valence-corrected chi connectivity index (χ4v) is 3.78. The number of hydrogen-bond acceptors (Lipinski definition) is 3. The van der Waals surface area contributed by atoms with E-state index in [-0.39, 0.29) is 23.3 Å². The molecule has 2 aliphatic rings. The van der Waals surface area contributed by atoms with Gasteiger partial charge in [0.05, 0.1) is 13.2 Å². The van der Waals surface area contributed by atoms with Crippen LogP contribution in [0.3, 0.4) is 0 Å². The molecule has 1 spiro atoms. The summed E-state index contributed by atoms with van der Waals surface area (Å²) >= 11 is 0. The Bertz CT molecular complexity index is 564. The topological polar surface area (TPSA) is 50.4 Å². The van der Waals surface area contributed by atoms with Gasteiger partial charge in [0.25, 0.3) is 0 Å². The van der Waals surface area contributed by atoms with Gasteiger partial charge in [-0.1, -0.05) is 17.7 Å². The van der Waals surface area contributed by atoms with Crippen LogP contribution in [-0.2, 0) is 4.79 Å². The van der Waals surface area contributed by atoms with Crippen molar-refractivity contribution in [3.05, 3.63) is 29.3 Å². The van der Waals surface area contributed by atoms with Crippen molar-refractivity contribution in [2.75, 3.05) is 20.2 Å². The van der Waals surface area contributed by atoms with Crippen LogP contribution in [0, 0.1) is 18.3 Å². The van der Waals surface area contributed by atoms with E-state index >= 15 is 0 Å². The van der Waals surface area contributed by atoms with Gasteiger partial charge in [0.15, 0.2) is 0 Å². The normalized spacial score (nSPS) is 23.9. The summed E-state index contributed by atoms with van der Waals surface area (Å²) in [5.41, 5.74) is 2.51. The number of carbonyl (C=O) groups excluding carboxylic acids is 1. The Hall–Kier alpha value is -1.55. The lowest BCUT2D eigenvalue weighted by Crippen LogP contribution is -2.34. The summed E-state index contributed by atoms with van der Waals surface area (Å²) in [6, 6.07) is 6.07. The van der Waals surface area contributed by atoms with Gasteiger partial charge in [0.2, 0.25) is 5.91 Å². The van der Waals surface area contributed by atoms with Crippen molar-refractivity contribution in [2.24, 2.45) is 11.3 Å². The third-order valence-electron chi connectivity index (χ3n) is 5.32. The molecule has 1 saturated carbocycles. The fourth-order valence-electron chi connectivity index (χ4n) is 3.78. The van der Waals surface area contributed by atoms with Crippen LogP contribution >= 0.6 is 0 Å². The van der Waals surface area contributed by atoms with Crippen LogP contribution in [0.25, 0.3) is 0 Å². The van der Waals surface area contributed by atoms with Crippen LogP contribution in [-0.4, -0.2) is 26.1 Å². The van der Waals surface area contributed by atoms with Crippen molar-refractivity contribution >= 4 is 5.91 Å². The molecule has 1 amide bonds. The quantitative estimate of drug-likeness (QED) is 0.899. The molecule has 2 atom stereocenters. The number of benzene rings is 1. The number of aryl methyl sites for hydroxylation is 1. The lowest BCUT2D eigenvalue weighted by molar-refractivity contribution is -0.123. The van der Waals surface area contributed by atoms with Gasteiger partial charge in [-0.25, -0.2) is 0 Å². The van der Waals surface area contributed by atoms with Crippen molar-refractivity contribution in [2.45, 2.75) is 39.2 Å². The average Bonchev–Trinajstić information content (AvgIpc) is 3.21. The molecule has 22 heavy (non-hydrogen) atoms. The molecule has 2 fully saturated rings. The zero-order chi connectivity index (χ0) is 15.7. The summed E-state index contributed by atoms with van der Waals surface area (Å²) in [6.07, 6.45) is 3.32. The standard InChI is InChI=1S/C18H26N2O2/c1-12-4-5-16(22-3)14(10-12)13(2)20-17(21)15-11-18(15)6-8-19-9-7-18/h4-5,10,13,15,19H,6-9,11H2,1-3H3,(H,20,21). The zero-order valence-electron chi connectivity index (χ0n) is 13.7. The first-order valence-electron chi connectivity index (χ1n) is 8.21. The summed E-state index contributed by atoms with van der Waals surface area (Å²) in [7, 11) is 1.67. The molecule has 2 unspecified atom stereocenters. The Labute approximate surface area is 132 Å². The number of rotatable bonds is 4. The van der Waals surface area contributed by atoms with Crippen molar-refractivity contribution in [1.82, 2.24) is 10.6 Å². The first-order valence-corrected chi connectivity index (χ1v) is 8.21. The Morgan fingerprint density at radius 2 is 2.14 bits per heavy atom. The lowest BCUT2D eigenvalue weighted by Gasteiger charge is -2.24. The molecule has 1 aliphatic carbocycles. The van der Waals surface area contributed by atoms with E-state index in [0.717, 1.165) is 43.7 Å². The van der Waals surface area contributed by atoms with Crippen LogP contribution in [0.5, 0.6) is 5.75 Å². The molecule has 1 heterocycles. The number of carbonyl (C=O) groups is 1. The molecule has 2 N–H and O–H groups in total. The van der Waals surface area contributed by atoms with E-state index in [9.17, 15) is 4.79 Å². The van der Waals surface area contributed by atoms with Gasteiger partial charge < -0.3 is 15.4 Å². The third kappa shape index (κ3) is 2.84. The molecular weight excluding hydrogens is 276 g/mol. The summed E-state index contributed by atoms with van der Waals surface area (Å²) in [5.74, 6) is 1.25. The maximum absolute atomic E-state index is 12.6. The predicted octanol–water partition coefficient (Wildman–Crippen LogP) is 2.57. The van der Waals surface area contributed by atoms with Gasteiger partial charge in [-0.05, 0) is 57.7 Å². The number of hydrogen-bond donors (Lipinski definition) is 2. The summed E-state index contributed by atoms with van der Waals surface area (Å²) < 4.78 is 5.43. The first-order chi connectivity index (χ1) is 10.6. The molecule has 1 saturated heterocycles. The smallest absolute Gasteiger partial charge is 0.224 e. The number of nitrogens with one attached hydrogen (secondary N) is 2. The van der Waals surface area contributed by atoms with Crippen LogP contribution in [0.4, 0.5) is 0 Å². The van der Waals surface area contributed by atoms with Gasteiger partial charge in [-0.3, -0.25) is 4.79 Å². The second-order valence-corrected chi connectivity index (χ2v) is 6.84. The van der Waals surface area contributed by atoms with E-state index < -0.39 is 0 Å². The van der Waals surface area contributed by atoms with Crippen LogP contribution in [0.1, 0.15) is 43.4 Å². The fraction of sp³-hybridized carbons (Fsp3) is 0.611. The highest BCUT2D eigenvalue weighted by Crippen LogP contribution is 2.58. The SMILES string of the molecule is COc1ccc(C)cc1C(C)NC(=O)C1CC12CCNCC2. The summed E-state index contributed by atoms with van der Waals surface area (Å²) in [6.45, 7) is 6.19. The molecule has 4 heteroatoms. The number of piperidine rings is 1. The highest BCUT2D eigenvalue weighted by Gasteiger charge is 2.57. The molecule has 3 rings (SSSR count). The first kappa shape index (κ1) is 15.3. The van der Waals surface area contributed by atoms with Crippen molar-refractivity contribution in [1.29, 1.82) is 0 Å². The minimum Gasteiger partial charge on any atom is -0.496 e. The Kier molecular flexibility index (Phi) is 4.13. The molecule has 0 bridgehead atoms. The second-order valence-electron chi connectivity index (χ2n) is 6.84. The minimum atomic E-state index is -0.0262. The highest BCUT2D eigenvalue weighted by atomic mass is 16.5. The van der Waals surface area contributed by atoms with Crippen molar-refractivity contribution < 1.29 is 9.53 Å². The molecule has 0 aromatic heterocycles. The van der Waals surface area contributed by atoms with Crippen molar-refractivity contribution in [3.63, 3.8) is 0 Å². The molecule has 1 aromatic rings. The Morgan fingerprint density at radius 1 is 1.41 bits per heavy atom. The van der Waals surface area contributed by atoms with Crippen molar-refractivity contribution in [3.8, 4) is 5.75 Å². The second kappa shape index (κ2) is 5.92. The minimum absolute atomic E-state index is 0.0262. The number of amides is 1. The number of methoxy groups -OCH3 is 1. The third-order valence-corrected chi connectivity index (χ3v) is 5.32. The Morgan fingerprint density at radius 3 is 2.82 bits per heavy atom. The van der Waals surface area contributed by atoms with E-state index in [1.165, 1.54) is 5.56 Å². The highest BCUT2D eigenvalue weighted by molar-refractivity contribution is 5.83. The maximum Gasteiger partial charge on any atom is 0.224 e. The van der Waals surface area contributed by atoms with E-state index in [2.05, 4.69) is 23.6 Å². The van der Waals surface area contributed by atoms with Gasteiger partial charge in [0.1, 0.15) is 5.75 Å². The predicted molar refractivity (Wildman–Crippen MR) is 86.9 cm³/mol. The van der Waals surface area contributed by atoms with E-state index in [1.54, 1.807) is 7.11 Å². The van der Waals surface area contributed by atoms with E-state index in [0.29, 0.717) is 0 Å².